The molecule has 0 radical (unpaired) electrons. The predicted octanol–water partition coefficient (Wildman–Crippen LogP) is -0.168. The molecule has 1 amide bonds. The van der Waals surface area contributed by atoms with Crippen molar-refractivity contribution in [2.24, 2.45) is 17.8 Å². The van der Waals surface area contributed by atoms with Crippen molar-refractivity contribution in [2.45, 2.75) is 82.6 Å². The number of aliphatic hydroxyl groups is 1. The van der Waals surface area contributed by atoms with Gasteiger partial charge in [-0.2, -0.15) is 5.48 Å². The first kappa shape index (κ1) is 19.5. The Balaban J connectivity index is 1.28. The van der Waals surface area contributed by atoms with Gasteiger partial charge in [-0.25, -0.2) is 0 Å². The Labute approximate surface area is 161 Å². The molecule has 8 heteroatoms. The standard InChI is InChI=1S/C19H34N4O4/c1-10(24)15-7-13(5-6-20-15)19(25)22-16-9-26-17-8-12(3-4-14(16)17)18-21-11(2)27-23-18/h10-18,20-21,23-24H,3-9H2,1-2H3,(H,22,25)/t10?,11?,12?,13?,14?,15?,16-,17?,18?/m1/s1. The second kappa shape index (κ2) is 8.31. The zero-order chi connectivity index (χ0) is 19.0. The summed E-state index contributed by atoms with van der Waals surface area (Å²) in [6.45, 7) is 5.17. The third-order valence-electron chi connectivity index (χ3n) is 6.87. The monoisotopic (exact) mass is 382 g/mol. The van der Waals surface area contributed by atoms with Crippen molar-refractivity contribution in [1.82, 2.24) is 21.4 Å². The molecule has 0 aromatic carbocycles. The summed E-state index contributed by atoms with van der Waals surface area (Å²) in [5, 5.41) is 19.8. The van der Waals surface area contributed by atoms with E-state index in [1.165, 1.54) is 0 Å². The van der Waals surface area contributed by atoms with Crippen LogP contribution in [0.1, 0.15) is 46.0 Å². The summed E-state index contributed by atoms with van der Waals surface area (Å²) in [5.41, 5.74) is 3.09. The largest absolute Gasteiger partial charge is 0.392 e. The SMILES string of the molecule is CC1NC(C2CCC3C(C2)OC[C@H]3NC(=O)C2CCNC(C(C)O)C2)NO1. The van der Waals surface area contributed by atoms with Crippen molar-refractivity contribution in [1.29, 1.82) is 0 Å². The van der Waals surface area contributed by atoms with E-state index < -0.39 is 6.10 Å². The maximum atomic E-state index is 12.8. The number of ether oxygens (including phenoxy) is 1. The van der Waals surface area contributed by atoms with Crippen LogP contribution < -0.4 is 21.4 Å². The molecule has 0 aromatic heterocycles. The lowest BCUT2D eigenvalue weighted by Gasteiger charge is -2.36. The number of hydroxylamine groups is 1. The number of piperidine rings is 1. The van der Waals surface area contributed by atoms with Crippen LogP contribution in [0.2, 0.25) is 0 Å². The molecule has 5 N–H and O–H groups in total. The topological polar surface area (TPSA) is 104 Å². The summed E-state index contributed by atoms with van der Waals surface area (Å²) in [6.07, 6.45) is 4.71. The Morgan fingerprint density at radius 1 is 1.26 bits per heavy atom. The van der Waals surface area contributed by atoms with Gasteiger partial charge in [-0.3, -0.25) is 14.9 Å². The Kier molecular flexibility index (Phi) is 6.01. The van der Waals surface area contributed by atoms with Gasteiger partial charge in [0.2, 0.25) is 5.91 Å². The molecule has 8 nitrogen and oxygen atoms in total. The summed E-state index contributed by atoms with van der Waals surface area (Å²) < 4.78 is 6.07. The molecule has 3 heterocycles. The average Bonchev–Trinajstić information content (AvgIpc) is 3.28. The van der Waals surface area contributed by atoms with Crippen LogP contribution in [0, 0.1) is 17.8 Å². The van der Waals surface area contributed by atoms with Crippen LogP contribution in [0.3, 0.4) is 0 Å². The second-order valence-electron chi connectivity index (χ2n) is 8.77. The third kappa shape index (κ3) is 4.31. The molecule has 3 aliphatic heterocycles. The van der Waals surface area contributed by atoms with Gasteiger partial charge in [0.15, 0.2) is 0 Å². The van der Waals surface area contributed by atoms with Gasteiger partial charge >= 0.3 is 0 Å². The van der Waals surface area contributed by atoms with E-state index in [4.69, 9.17) is 9.57 Å². The van der Waals surface area contributed by atoms with Gasteiger partial charge in [0.1, 0.15) is 6.23 Å². The third-order valence-corrected chi connectivity index (χ3v) is 6.87. The van der Waals surface area contributed by atoms with E-state index in [9.17, 15) is 9.90 Å². The lowest BCUT2D eigenvalue weighted by atomic mass is 9.76. The van der Waals surface area contributed by atoms with Crippen LogP contribution in [0.4, 0.5) is 0 Å². The number of nitrogens with one attached hydrogen (secondary N) is 4. The lowest BCUT2D eigenvalue weighted by Crippen LogP contribution is -2.51. The van der Waals surface area contributed by atoms with Crippen molar-refractivity contribution < 1.29 is 19.5 Å². The van der Waals surface area contributed by atoms with Crippen LogP contribution >= 0.6 is 0 Å². The van der Waals surface area contributed by atoms with Crippen molar-refractivity contribution in [2.75, 3.05) is 13.2 Å². The highest BCUT2D eigenvalue weighted by molar-refractivity contribution is 5.79. The number of carbonyl (C=O) groups excluding carboxylic acids is 1. The molecule has 3 saturated heterocycles. The minimum absolute atomic E-state index is 0.00791. The molecule has 154 valence electrons. The van der Waals surface area contributed by atoms with Crippen LogP contribution in [-0.4, -0.2) is 60.9 Å². The van der Waals surface area contributed by atoms with E-state index in [1.54, 1.807) is 6.92 Å². The fourth-order valence-corrected chi connectivity index (χ4v) is 5.22. The molecule has 0 spiro atoms. The summed E-state index contributed by atoms with van der Waals surface area (Å²) in [7, 11) is 0. The molecule has 0 aromatic rings. The number of rotatable bonds is 4. The first-order valence-electron chi connectivity index (χ1n) is 10.5. The highest BCUT2D eigenvalue weighted by atomic mass is 16.7. The normalized spacial score (nSPS) is 46.0. The van der Waals surface area contributed by atoms with Gasteiger partial charge in [0.05, 0.1) is 31.0 Å². The van der Waals surface area contributed by atoms with Gasteiger partial charge in [-0.1, -0.05) is 0 Å². The number of hydrogen-bond acceptors (Lipinski definition) is 7. The van der Waals surface area contributed by atoms with Crippen LogP contribution in [-0.2, 0) is 14.4 Å². The summed E-state index contributed by atoms with van der Waals surface area (Å²) in [5.74, 6) is 0.993. The van der Waals surface area contributed by atoms with E-state index in [2.05, 4.69) is 21.4 Å². The molecule has 9 atom stereocenters. The predicted molar refractivity (Wildman–Crippen MR) is 99.3 cm³/mol. The van der Waals surface area contributed by atoms with E-state index in [1.807, 2.05) is 6.92 Å². The highest BCUT2D eigenvalue weighted by Crippen LogP contribution is 2.39. The molecule has 0 bridgehead atoms. The van der Waals surface area contributed by atoms with E-state index in [0.29, 0.717) is 24.9 Å². The number of aliphatic hydroxyl groups excluding tert-OH is 1. The van der Waals surface area contributed by atoms with Gasteiger partial charge in [-0.15, -0.1) is 0 Å². The molecule has 8 unspecified atom stereocenters. The van der Waals surface area contributed by atoms with Gasteiger partial charge in [0, 0.05) is 17.9 Å². The van der Waals surface area contributed by atoms with Crippen LogP contribution in [0.25, 0.3) is 0 Å². The molecule has 4 aliphatic rings. The minimum atomic E-state index is -0.431. The van der Waals surface area contributed by atoms with Gasteiger partial charge in [-0.05, 0) is 58.4 Å². The van der Waals surface area contributed by atoms with Crippen molar-refractivity contribution in [3.63, 3.8) is 0 Å². The maximum Gasteiger partial charge on any atom is 0.223 e. The number of fused-ring (bicyclic) bond motifs is 1. The van der Waals surface area contributed by atoms with E-state index in [0.717, 1.165) is 32.2 Å². The quantitative estimate of drug-likeness (QED) is 0.460. The Morgan fingerprint density at radius 3 is 2.85 bits per heavy atom. The minimum Gasteiger partial charge on any atom is -0.392 e. The second-order valence-corrected chi connectivity index (χ2v) is 8.77. The Hall–Kier alpha value is -0.770. The summed E-state index contributed by atoms with van der Waals surface area (Å²) in [6, 6.07) is 0.122. The van der Waals surface area contributed by atoms with E-state index >= 15 is 0 Å². The highest BCUT2D eigenvalue weighted by Gasteiger charge is 2.45. The molecular weight excluding hydrogens is 348 g/mol. The molecular formula is C19H34N4O4. The number of carbonyl (C=O) groups is 1. The summed E-state index contributed by atoms with van der Waals surface area (Å²) in [4.78, 5) is 18.2. The van der Waals surface area contributed by atoms with Crippen molar-refractivity contribution in [3.8, 4) is 0 Å². The molecule has 1 saturated carbocycles. The lowest BCUT2D eigenvalue weighted by molar-refractivity contribution is -0.127. The number of hydrogen-bond donors (Lipinski definition) is 5. The van der Waals surface area contributed by atoms with Crippen LogP contribution in [0.5, 0.6) is 0 Å². The molecule has 27 heavy (non-hydrogen) atoms. The fourth-order valence-electron chi connectivity index (χ4n) is 5.22. The number of amides is 1. The Bertz CT molecular complexity index is 534. The molecule has 4 fully saturated rings. The zero-order valence-corrected chi connectivity index (χ0v) is 16.3. The zero-order valence-electron chi connectivity index (χ0n) is 16.3. The maximum absolute atomic E-state index is 12.8. The van der Waals surface area contributed by atoms with Crippen LogP contribution in [0.15, 0.2) is 0 Å². The smallest absolute Gasteiger partial charge is 0.223 e. The summed E-state index contributed by atoms with van der Waals surface area (Å²) >= 11 is 0. The average molecular weight is 383 g/mol. The Morgan fingerprint density at radius 2 is 2.11 bits per heavy atom. The first-order chi connectivity index (χ1) is 13.0. The molecule has 1 aliphatic carbocycles. The first-order valence-corrected chi connectivity index (χ1v) is 10.5. The van der Waals surface area contributed by atoms with Crippen molar-refractivity contribution in [3.05, 3.63) is 0 Å². The van der Waals surface area contributed by atoms with Crippen molar-refractivity contribution >= 4 is 5.91 Å². The van der Waals surface area contributed by atoms with Gasteiger partial charge in [0.25, 0.3) is 0 Å². The van der Waals surface area contributed by atoms with Gasteiger partial charge < -0.3 is 20.5 Å². The fraction of sp³-hybridized carbons (Fsp3) is 0.947. The molecule has 4 rings (SSSR count). The van der Waals surface area contributed by atoms with E-state index in [-0.39, 0.29) is 42.4 Å².